The third-order valence-electron chi connectivity index (χ3n) is 12.9. The summed E-state index contributed by atoms with van der Waals surface area (Å²) in [5, 5.41) is 10.3. The minimum Gasteiger partial charge on any atom is -0.194 e. The number of halogens is 24. The summed E-state index contributed by atoms with van der Waals surface area (Å²) in [5.41, 5.74) is -26.7. The number of aromatic nitrogens is 1. The second-order valence-electron chi connectivity index (χ2n) is 18.0. The van der Waals surface area contributed by atoms with E-state index in [1.165, 1.54) is 37.9 Å². The van der Waals surface area contributed by atoms with Crippen LogP contribution in [0.15, 0.2) is 144 Å². The van der Waals surface area contributed by atoms with Crippen LogP contribution in [0.1, 0.15) is 50.1 Å². The van der Waals surface area contributed by atoms with Gasteiger partial charge in [-0.05, 0) is 56.6 Å². The summed E-state index contributed by atoms with van der Waals surface area (Å²) >= 11 is 1.74. The fourth-order valence-corrected chi connectivity index (χ4v) is 10.2. The molecule has 27 heteroatoms. The number of hydrogen-bond acceptors (Lipinski definition) is 1. The van der Waals surface area contributed by atoms with Crippen molar-refractivity contribution in [3.63, 3.8) is 0 Å². The standard InChI is InChI=1S/C32H12BF24.C20H14NS/c34-25(35,36)13-1-14(26(37,38)39)6-21(5-13)33(22-7-15(27(40,41)42)2-16(8-22)28(43,44)45,23-9-17(29(46,47)48)3-18(10-23)30(49,50)51)24-11-19(31(52,53)54)4-20(12-24)32(55,56)57;1-2-14-4-5-16-6-7-17(12-21-10-11-22-13-21)18-9-8-15(3-1)19(14)20(16)18/h1-12H;1-11,13H,12H2/q-1;+1. The molecule has 1 aromatic heterocycles. The summed E-state index contributed by atoms with van der Waals surface area (Å²) in [5.74, 6) is 0. The number of hydrogen-bond donors (Lipinski definition) is 0. The first-order valence-corrected chi connectivity index (χ1v) is 23.0. The van der Waals surface area contributed by atoms with Gasteiger partial charge < -0.3 is 0 Å². The van der Waals surface area contributed by atoms with Gasteiger partial charge in [0, 0.05) is 5.56 Å². The highest BCUT2D eigenvalue weighted by Crippen LogP contribution is 2.42. The summed E-state index contributed by atoms with van der Waals surface area (Å²) in [4.78, 5) is 0. The van der Waals surface area contributed by atoms with Crippen LogP contribution in [0.25, 0.3) is 32.3 Å². The molecule has 0 N–H and O–H groups in total. The second-order valence-corrected chi connectivity index (χ2v) is 18.8. The normalized spacial score (nSPS) is 13.6. The summed E-state index contributed by atoms with van der Waals surface area (Å²) in [6, 6.07) is 11.3. The van der Waals surface area contributed by atoms with Crippen LogP contribution >= 0.6 is 11.3 Å². The number of alkyl halides is 24. The van der Waals surface area contributed by atoms with E-state index in [2.05, 4.69) is 76.3 Å². The first kappa shape index (κ1) is 58.0. The number of nitrogens with zero attached hydrogens (tertiary/aromatic N) is 1. The molecule has 0 amide bonds. The van der Waals surface area contributed by atoms with Gasteiger partial charge in [0.15, 0.2) is 12.7 Å². The summed E-state index contributed by atoms with van der Waals surface area (Å²) in [7, 11) is 0. The Bertz CT molecular complexity index is 3250. The Hall–Kier alpha value is -7.19. The summed E-state index contributed by atoms with van der Waals surface area (Å²) in [6.45, 7) is 0.928. The molecule has 0 unspecified atom stereocenters. The Morgan fingerprint density at radius 2 is 0.608 bits per heavy atom. The Morgan fingerprint density at radius 3 is 0.886 bits per heavy atom. The van der Waals surface area contributed by atoms with E-state index >= 15 is 0 Å². The lowest BCUT2D eigenvalue weighted by atomic mass is 9.12. The van der Waals surface area contributed by atoms with Crippen LogP contribution in [0.3, 0.4) is 0 Å². The predicted octanol–water partition coefficient (Wildman–Crippen LogP) is 16.2. The van der Waals surface area contributed by atoms with E-state index in [4.69, 9.17) is 0 Å². The lowest BCUT2D eigenvalue weighted by molar-refractivity contribution is -0.683. The average Bonchev–Trinajstić information content (AvgIpc) is 4.00. The van der Waals surface area contributed by atoms with Crippen LogP contribution in [0, 0.1) is 0 Å². The van der Waals surface area contributed by atoms with Gasteiger partial charge in [-0.15, -0.1) is 0 Å². The van der Waals surface area contributed by atoms with E-state index in [1.54, 1.807) is 11.3 Å². The third kappa shape index (κ3) is 11.8. The van der Waals surface area contributed by atoms with Gasteiger partial charge >= 0.3 is 49.4 Å². The number of rotatable bonds is 6. The van der Waals surface area contributed by atoms with Crippen molar-refractivity contribution in [1.29, 1.82) is 0 Å². The summed E-state index contributed by atoms with van der Waals surface area (Å²) in [6.07, 6.45) is -52.7. The van der Waals surface area contributed by atoms with Crippen molar-refractivity contribution >= 4 is 71.7 Å². The molecule has 8 aromatic carbocycles. The van der Waals surface area contributed by atoms with Crippen molar-refractivity contribution in [2.75, 3.05) is 0 Å². The molecule has 0 aliphatic heterocycles. The maximum Gasteiger partial charge on any atom is 0.416 e. The SMILES string of the molecule is FC(F)(F)c1cc([B-](c2cc(C(F)(F)F)cc(C(F)(F)F)c2)(c2cc(C(F)(F)F)cc(C(F)(F)F)c2)c2cc(C(F)(F)F)cc(C(F)(F)F)c2)cc(C(F)(F)F)c1.c1cc2ccc3ccc(C[n+]4ccsc4)c4ccc(c1)c2c34. The fourth-order valence-electron chi connectivity index (χ4n) is 9.55. The van der Waals surface area contributed by atoms with Gasteiger partial charge in [-0.2, -0.15) is 132 Å². The van der Waals surface area contributed by atoms with Crippen molar-refractivity contribution in [1.82, 2.24) is 0 Å². The van der Waals surface area contributed by atoms with Crippen LogP contribution in [-0.2, 0) is 56.0 Å². The van der Waals surface area contributed by atoms with E-state index in [0.717, 1.165) is 6.54 Å². The monoisotopic (exact) mass is 1160 g/mol. The minimum absolute atomic E-state index is 0.691. The molecule has 416 valence electrons. The summed E-state index contributed by atoms with van der Waals surface area (Å²) < 4.78 is 343. The molecule has 9 rings (SSSR count). The quantitative estimate of drug-likeness (QED) is 0.0676. The second kappa shape index (κ2) is 19.6. The van der Waals surface area contributed by atoms with Gasteiger partial charge in [-0.1, -0.05) is 114 Å². The Labute approximate surface area is 431 Å². The number of benzene rings is 8. The van der Waals surface area contributed by atoms with E-state index < -0.39 is 195 Å². The molecule has 0 atom stereocenters. The molecule has 0 bridgehead atoms. The maximum absolute atomic E-state index is 14.2. The number of thiazole rings is 1. The van der Waals surface area contributed by atoms with Crippen molar-refractivity contribution in [3.05, 3.63) is 195 Å². The molecule has 0 aliphatic carbocycles. The molecule has 0 fully saturated rings. The van der Waals surface area contributed by atoms with Gasteiger partial charge in [0.05, 0.1) is 49.9 Å². The smallest absolute Gasteiger partial charge is 0.194 e. The van der Waals surface area contributed by atoms with Gasteiger partial charge in [0.2, 0.25) is 5.51 Å². The highest BCUT2D eigenvalue weighted by molar-refractivity contribution is 7.20. The molecule has 0 saturated heterocycles. The topological polar surface area (TPSA) is 3.88 Å². The van der Waals surface area contributed by atoms with E-state index in [-0.39, 0.29) is 0 Å². The van der Waals surface area contributed by atoms with E-state index in [1.807, 2.05) is 0 Å². The zero-order valence-electron chi connectivity index (χ0n) is 38.6. The van der Waals surface area contributed by atoms with Gasteiger partial charge in [0.25, 0.3) is 0 Å². The molecule has 79 heavy (non-hydrogen) atoms. The van der Waals surface area contributed by atoms with Gasteiger partial charge in [0.1, 0.15) is 6.15 Å². The van der Waals surface area contributed by atoms with E-state index in [9.17, 15) is 105 Å². The molecule has 1 heterocycles. The molecule has 1 nitrogen and oxygen atoms in total. The first-order valence-electron chi connectivity index (χ1n) is 22.1. The minimum atomic E-state index is -6.13. The van der Waals surface area contributed by atoms with Gasteiger partial charge in [-0.3, -0.25) is 0 Å². The van der Waals surface area contributed by atoms with Gasteiger partial charge in [-0.25, -0.2) is 0 Å². The molecule has 0 aliphatic rings. The highest BCUT2D eigenvalue weighted by atomic mass is 32.1. The zero-order chi connectivity index (χ0) is 58.4. The molecule has 9 aromatic rings. The zero-order valence-corrected chi connectivity index (χ0v) is 39.4. The van der Waals surface area contributed by atoms with Crippen LogP contribution in [-0.4, -0.2) is 6.15 Å². The molecule has 0 radical (unpaired) electrons. The van der Waals surface area contributed by atoms with Crippen LogP contribution < -0.4 is 26.4 Å². The molecular weight excluding hydrogens is 1140 g/mol. The lowest BCUT2D eigenvalue weighted by Gasteiger charge is -2.46. The third-order valence-corrected chi connectivity index (χ3v) is 13.6. The Morgan fingerprint density at radius 1 is 0.329 bits per heavy atom. The Balaban J connectivity index is 0.000000304. The largest absolute Gasteiger partial charge is 0.416 e. The molecule has 0 saturated carbocycles. The predicted molar refractivity (Wildman–Crippen MR) is 244 cm³/mol. The maximum atomic E-state index is 14.2. The van der Waals surface area contributed by atoms with E-state index in [0.29, 0.717) is 0 Å². The first-order chi connectivity index (χ1) is 36.2. The van der Waals surface area contributed by atoms with Crippen LogP contribution in [0.5, 0.6) is 0 Å². The van der Waals surface area contributed by atoms with Crippen LogP contribution in [0.2, 0.25) is 0 Å². The Kier molecular flexibility index (Phi) is 14.4. The highest BCUT2D eigenvalue weighted by Gasteiger charge is 2.47. The fraction of sp³-hybridized carbons (Fsp3) is 0.173. The van der Waals surface area contributed by atoms with Crippen molar-refractivity contribution in [3.8, 4) is 0 Å². The molecular formula is C52H26BF24NS. The molecule has 0 spiro atoms. The lowest BCUT2D eigenvalue weighted by Crippen LogP contribution is -2.75. The van der Waals surface area contributed by atoms with Crippen molar-refractivity contribution in [2.24, 2.45) is 0 Å². The average molecular weight is 1160 g/mol. The van der Waals surface area contributed by atoms with Crippen molar-refractivity contribution in [2.45, 2.75) is 56.0 Å². The van der Waals surface area contributed by atoms with Crippen LogP contribution in [0.4, 0.5) is 105 Å². The van der Waals surface area contributed by atoms with Crippen molar-refractivity contribution < 1.29 is 110 Å².